The maximum atomic E-state index is 11.7. The molecular weight excluding hydrogens is 206 g/mol. The van der Waals surface area contributed by atoms with Gasteiger partial charge in [0.1, 0.15) is 0 Å². The number of hydroxylamine groups is 2. The van der Waals surface area contributed by atoms with E-state index in [1.54, 1.807) is 0 Å². The zero-order valence-electron chi connectivity index (χ0n) is 10.6. The molecule has 0 saturated carbocycles. The molecule has 4 heteroatoms. The third-order valence-corrected chi connectivity index (χ3v) is 3.72. The van der Waals surface area contributed by atoms with Crippen molar-refractivity contribution in [3.63, 3.8) is 0 Å². The minimum Gasteiger partial charge on any atom is -0.464 e. The minimum atomic E-state index is -0.412. The van der Waals surface area contributed by atoms with Crippen molar-refractivity contribution in [2.24, 2.45) is 0 Å². The Morgan fingerprint density at radius 3 is 2.69 bits per heavy atom. The van der Waals surface area contributed by atoms with E-state index in [1.165, 1.54) is 0 Å². The van der Waals surface area contributed by atoms with Crippen LogP contribution in [0.15, 0.2) is 0 Å². The highest BCUT2D eigenvalue weighted by atomic mass is 16.7. The van der Waals surface area contributed by atoms with Gasteiger partial charge in [-0.1, -0.05) is 0 Å². The van der Waals surface area contributed by atoms with Crippen LogP contribution >= 0.6 is 0 Å². The van der Waals surface area contributed by atoms with E-state index in [9.17, 15) is 4.79 Å². The second-order valence-electron chi connectivity index (χ2n) is 5.65. The number of hydrogen-bond acceptors (Lipinski definition) is 4. The highest BCUT2D eigenvalue weighted by Crippen LogP contribution is 2.48. The lowest BCUT2D eigenvalue weighted by Crippen LogP contribution is -2.44. The van der Waals surface area contributed by atoms with Crippen LogP contribution in [0.4, 0.5) is 0 Å². The average molecular weight is 227 g/mol. The predicted octanol–water partition coefficient (Wildman–Crippen LogP) is 1.89. The summed E-state index contributed by atoms with van der Waals surface area (Å²) in [5.74, 6) is -0.228. The lowest BCUT2D eigenvalue weighted by Gasteiger charge is -2.34. The van der Waals surface area contributed by atoms with E-state index in [2.05, 4.69) is 20.8 Å². The quantitative estimate of drug-likeness (QED) is 0.675. The van der Waals surface area contributed by atoms with Gasteiger partial charge in [0.05, 0.1) is 6.61 Å². The number of rotatable bonds is 2. The van der Waals surface area contributed by atoms with Gasteiger partial charge in [-0.15, -0.1) is 0 Å². The first kappa shape index (κ1) is 11.9. The van der Waals surface area contributed by atoms with Gasteiger partial charge in [0.2, 0.25) is 0 Å². The van der Waals surface area contributed by atoms with E-state index in [1.807, 2.05) is 12.0 Å². The number of esters is 1. The zero-order chi connectivity index (χ0) is 12.0. The maximum Gasteiger partial charge on any atom is 0.337 e. The molecule has 2 heterocycles. The molecule has 16 heavy (non-hydrogen) atoms. The van der Waals surface area contributed by atoms with E-state index in [0.29, 0.717) is 6.61 Å². The van der Waals surface area contributed by atoms with Crippen molar-refractivity contribution in [1.29, 1.82) is 0 Å². The summed E-state index contributed by atoms with van der Waals surface area (Å²) in [4.78, 5) is 17.4. The largest absolute Gasteiger partial charge is 0.464 e. The lowest BCUT2D eigenvalue weighted by atomic mass is 9.93. The second kappa shape index (κ2) is 3.70. The van der Waals surface area contributed by atoms with Crippen LogP contribution in [-0.2, 0) is 14.4 Å². The highest BCUT2D eigenvalue weighted by Gasteiger charge is 2.56. The molecule has 0 bridgehead atoms. The molecule has 0 N–H and O–H groups in total. The molecular formula is C12H21NO3. The Balaban J connectivity index is 2.09. The molecule has 2 fully saturated rings. The van der Waals surface area contributed by atoms with Gasteiger partial charge >= 0.3 is 5.97 Å². The average Bonchev–Trinajstić information content (AvgIpc) is 2.64. The lowest BCUT2D eigenvalue weighted by molar-refractivity contribution is -0.222. The van der Waals surface area contributed by atoms with E-state index < -0.39 is 6.10 Å². The summed E-state index contributed by atoms with van der Waals surface area (Å²) in [6.07, 6.45) is 2.52. The fourth-order valence-electron chi connectivity index (χ4n) is 2.89. The molecule has 2 aliphatic rings. The van der Waals surface area contributed by atoms with Gasteiger partial charge in [-0.2, -0.15) is 5.06 Å². The highest BCUT2D eigenvalue weighted by molar-refractivity contribution is 5.75. The van der Waals surface area contributed by atoms with Crippen LogP contribution in [0.3, 0.4) is 0 Å². The number of ether oxygens (including phenoxy) is 1. The summed E-state index contributed by atoms with van der Waals surface area (Å²) in [6.45, 7) is 8.72. The van der Waals surface area contributed by atoms with Crippen LogP contribution in [0, 0.1) is 0 Å². The standard InChI is InChI=1S/C12H21NO3/c1-5-15-10(14)9-8-12(4)7-6-11(2,3)13(12)16-9/h9H,5-8H2,1-4H3. The van der Waals surface area contributed by atoms with Gasteiger partial charge in [-0.25, -0.2) is 4.79 Å². The van der Waals surface area contributed by atoms with Crippen LogP contribution in [0.1, 0.15) is 47.0 Å². The molecule has 0 aromatic rings. The van der Waals surface area contributed by atoms with E-state index in [-0.39, 0.29) is 17.0 Å². The Hall–Kier alpha value is -0.610. The van der Waals surface area contributed by atoms with Crippen molar-refractivity contribution < 1.29 is 14.4 Å². The first-order valence-corrected chi connectivity index (χ1v) is 6.03. The monoisotopic (exact) mass is 227 g/mol. The van der Waals surface area contributed by atoms with E-state index in [4.69, 9.17) is 9.57 Å². The summed E-state index contributed by atoms with van der Waals surface area (Å²) < 4.78 is 5.01. The van der Waals surface area contributed by atoms with E-state index in [0.717, 1.165) is 19.3 Å². The summed E-state index contributed by atoms with van der Waals surface area (Å²) in [5.41, 5.74) is 0.0247. The smallest absolute Gasteiger partial charge is 0.337 e. The van der Waals surface area contributed by atoms with Crippen LogP contribution in [-0.4, -0.2) is 34.8 Å². The molecule has 2 atom stereocenters. The molecule has 0 radical (unpaired) electrons. The second-order valence-corrected chi connectivity index (χ2v) is 5.65. The molecule has 2 unspecified atom stereocenters. The molecule has 0 amide bonds. The van der Waals surface area contributed by atoms with Crippen LogP contribution < -0.4 is 0 Å². The first-order valence-electron chi connectivity index (χ1n) is 6.03. The van der Waals surface area contributed by atoms with Crippen LogP contribution in [0.2, 0.25) is 0 Å². The van der Waals surface area contributed by atoms with Crippen LogP contribution in [0.25, 0.3) is 0 Å². The predicted molar refractivity (Wildman–Crippen MR) is 59.7 cm³/mol. The molecule has 0 aromatic carbocycles. The minimum absolute atomic E-state index is 0.000921. The SMILES string of the molecule is CCOC(=O)C1CC2(C)CCC(C)(C)N2O1. The Morgan fingerprint density at radius 1 is 1.44 bits per heavy atom. The van der Waals surface area contributed by atoms with Gasteiger partial charge < -0.3 is 4.74 Å². The van der Waals surface area contributed by atoms with Crippen molar-refractivity contribution in [2.75, 3.05) is 6.61 Å². The molecule has 0 aliphatic carbocycles. The summed E-state index contributed by atoms with van der Waals surface area (Å²) in [6, 6.07) is 0. The molecule has 0 spiro atoms. The summed E-state index contributed by atoms with van der Waals surface area (Å²) in [7, 11) is 0. The number of carbonyl (C=O) groups is 1. The molecule has 2 rings (SSSR count). The van der Waals surface area contributed by atoms with Crippen molar-refractivity contribution in [2.45, 2.75) is 64.1 Å². The normalized spacial score (nSPS) is 37.4. The Kier molecular flexibility index (Phi) is 2.75. The van der Waals surface area contributed by atoms with Crippen molar-refractivity contribution in [1.82, 2.24) is 5.06 Å². The molecule has 4 nitrogen and oxygen atoms in total. The van der Waals surface area contributed by atoms with Crippen molar-refractivity contribution >= 4 is 5.97 Å². The Labute approximate surface area is 96.8 Å². The molecule has 0 aromatic heterocycles. The molecule has 2 saturated heterocycles. The Bertz CT molecular complexity index is 303. The fourth-order valence-corrected chi connectivity index (χ4v) is 2.89. The van der Waals surface area contributed by atoms with Crippen LogP contribution in [0.5, 0.6) is 0 Å². The topological polar surface area (TPSA) is 38.8 Å². The first-order chi connectivity index (χ1) is 7.39. The summed E-state index contributed by atoms with van der Waals surface area (Å²) >= 11 is 0. The zero-order valence-corrected chi connectivity index (χ0v) is 10.6. The third kappa shape index (κ3) is 1.74. The van der Waals surface area contributed by atoms with Gasteiger partial charge in [0.25, 0.3) is 0 Å². The number of carbonyl (C=O) groups excluding carboxylic acids is 1. The third-order valence-electron chi connectivity index (χ3n) is 3.72. The van der Waals surface area contributed by atoms with Gasteiger partial charge in [-0.05, 0) is 40.5 Å². The van der Waals surface area contributed by atoms with E-state index >= 15 is 0 Å². The maximum absolute atomic E-state index is 11.7. The fraction of sp³-hybridized carbons (Fsp3) is 0.917. The van der Waals surface area contributed by atoms with Crippen molar-refractivity contribution in [3.05, 3.63) is 0 Å². The van der Waals surface area contributed by atoms with Gasteiger partial charge in [0, 0.05) is 17.5 Å². The Morgan fingerprint density at radius 2 is 2.12 bits per heavy atom. The summed E-state index contributed by atoms with van der Waals surface area (Å²) in [5, 5.41) is 2.02. The van der Waals surface area contributed by atoms with Gasteiger partial charge in [0.15, 0.2) is 6.10 Å². The van der Waals surface area contributed by atoms with Crippen molar-refractivity contribution in [3.8, 4) is 0 Å². The van der Waals surface area contributed by atoms with Gasteiger partial charge in [-0.3, -0.25) is 4.84 Å². The number of hydrogen-bond donors (Lipinski definition) is 0. The molecule has 2 aliphatic heterocycles. The number of nitrogens with zero attached hydrogens (tertiary/aromatic N) is 1. The number of fused-ring (bicyclic) bond motifs is 1. The molecule has 92 valence electrons.